The van der Waals surface area contributed by atoms with Crippen molar-refractivity contribution < 1.29 is 22.4 Å². The van der Waals surface area contributed by atoms with Crippen molar-refractivity contribution in [3.05, 3.63) is 0 Å². The average Bonchev–Trinajstić information content (AvgIpc) is 1.78. The summed E-state index contributed by atoms with van der Waals surface area (Å²) in [7, 11) is 5.53. The Kier molecular flexibility index (Phi) is 4.78. The Morgan fingerprint density at radius 3 is 2.27 bits per heavy atom. The SMILES string of the molecule is C[N+](C)(C)OCCOS(=O)O. The minimum atomic E-state index is -2.18. The molecule has 0 spiro atoms. The van der Waals surface area contributed by atoms with Gasteiger partial charge in [-0.3, -0.25) is 8.74 Å². The molecule has 11 heavy (non-hydrogen) atoms. The smallest absolute Gasteiger partial charge is 0.284 e. The molecular weight excluding hydrogens is 170 g/mol. The molecule has 0 aromatic carbocycles. The molecule has 0 amide bonds. The molecule has 0 heterocycles. The van der Waals surface area contributed by atoms with Gasteiger partial charge in [0.05, 0.1) is 27.7 Å². The zero-order valence-electron chi connectivity index (χ0n) is 6.94. The second-order valence-corrected chi connectivity index (χ2v) is 3.43. The summed E-state index contributed by atoms with van der Waals surface area (Å²) in [6.45, 7) is 0.425. The normalized spacial score (nSPS) is 14.9. The number of hydrogen-bond donors (Lipinski definition) is 1. The van der Waals surface area contributed by atoms with Gasteiger partial charge in [0, 0.05) is 0 Å². The lowest BCUT2D eigenvalue weighted by atomic mass is 10.8. The predicted molar refractivity (Wildman–Crippen MR) is 40.7 cm³/mol. The van der Waals surface area contributed by atoms with E-state index in [2.05, 4.69) is 4.18 Å². The summed E-state index contributed by atoms with van der Waals surface area (Å²) in [6, 6.07) is 0. The van der Waals surface area contributed by atoms with E-state index >= 15 is 0 Å². The maximum Gasteiger partial charge on any atom is 0.301 e. The third-order valence-corrected chi connectivity index (χ3v) is 1.11. The van der Waals surface area contributed by atoms with Crippen LogP contribution in [0.25, 0.3) is 0 Å². The van der Waals surface area contributed by atoms with Crippen molar-refractivity contribution in [3.8, 4) is 0 Å². The molecule has 0 aliphatic carbocycles. The molecule has 0 aliphatic heterocycles. The third kappa shape index (κ3) is 9.99. The van der Waals surface area contributed by atoms with Crippen LogP contribution in [0.1, 0.15) is 0 Å². The zero-order valence-corrected chi connectivity index (χ0v) is 7.76. The molecule has 6 heteroatoms. The van der Waals surface area contributed by atoms with E-state index in [1.807, 2.05) is 21.1 Å². The first kappa shape index (κ1) is 11.0. The van der Waals surface area contributed by atoms with Crippen molar-refractivity contribution in [2.75, 3.05) is 34.4 Å². The van der Waals surface area contributed by atoms with Gasteiger partial charge >= 0.3 is 11.4 Å². The van der Waals surface area contributed by atoms with E-state index in [1.165, 1.54) is 0 Å². The van der Waals surface area contributed by atoms with Crippen LogP contribution in [0.15, 0.2) is 0 Å². The Bertz CT molecular complexity index is 133. The summed E-state index contributed by atoms with van der Waals surface area (Å²) in [4.78, 5) is 5.15. The summed E-state index contributed by atoms with van der Waals surface area (Å²) in [5, 5.41) is 0. The first-order valence-corrected chi connectivity index (χ1v) is 4.15. The first-order chi connectivity index (χ1) is 4.92. The molecule has 1 atom stereocenters. The summed E-state index contributed by atoms with van der Waals surface area (Å²) >= 11 is -2.18. The number of nitrogens with zero attached hydrogens (tertiary/aromatic N) is 1. The first-order valence-electron chi connectivity index (χ1n) is 3.12. The Morgan fingerprint density at radius 2 is 1.91 bits per heavy atom. The molecule has 0 aromatic rings. The maximum atomic E-state index is 9.95. The van der Waals surface area contributed by atoms with E-state index in [-0.39, 0.29) is 6.61 Å². The fraction of sp³-hybridized carbons (Fsp3) is 1.00. The second-order valence-electron chi connectivity index (χ2n) is 2.76. The molecule has 0 aliphatic rings. The number of quaternary nitrogens is 1. The number of rotatable bonds is 5. The minimum absolute atomic E-state index is 0.124. The lowest BCUT2D eigenvalue weighted by Gasteiger charge is -2.20. The molecule has 0 rings (SSSR count). The van der Waals surface area contributed by atoms with Crippen LogP contribution < -0.4 is 0 Å². The van der Waals surface area contributed by atoms with Gasteiger partial charge in [0.15, 0.2) is 0 Å². The zero-order chi connectivity index (χ0) is 8.91. The van der Waals surface area contributed by atoms with E-state index < -0.39 is 11.4 Å². The van der Waals surface area contributed by atoms with Gasteiger partial charge in [0.1, 0.15) is 6.61 Å². The molecule has 0 bridgehead atoms. The van der Waals surface area contributed by atoms with Gasteiger partial charge in [-0.05, 0) is 0 Å². The lowest BCUT2D eigenvalue weighted by Crippen LogP contribution is -2.35. The van der Waals surface area contributed by atoms with Gasteiger partial charge in [-0.1, -0.05) is 0 Å². The van der Waals surface area contributed by atoms with E-state index in [9.17, 15) is 4.21 Å². The molecule has 68 valence electrons. The van der Waals surface area contributed by atoms with Crippen LogP contribution in [0.5, 0.6) is 0 Å². The van der Waals surface area contributed by atoms with Crippen molar-refractivity contribution in [1.82, 2.24) is 0 Å². The number of hydroxylamine groups is 3. The Balaban J connectivity index is 3.22. The standard InChI is InChI=1S/C5H13NO4S/c1-6(2,3)9-4-5-10-11(7)8/h4-5H2,1-3H3/p+1. The third-order valence-electron chi connectivity index (χ3n) is 0.746. The largest absolute Gasteiger partial charge is 0.301 e. The highest BCUT2D eigenvalue weighted by Crippen LogP contribution is 1.91. The van der Waals surface area contributed by atoms with Gasteiger partial charge in [-0.2, -0.15) is 8.86 Å². The summed E-state index contributed by atoms with van der Waals surface area (Å²) in [6.07, 6.45) is 0. The summed E-state index contributed by atoms with van der Waals surface area (Å²) in [5.74, 6) is 0. The van der Waals surface area contributed by atoms with E-state index in [0.29, 0.717) is 11.3 Å². The topological polar surface area (TPSA) is 55.8 Å². The van der Waals surface area contributed by atoms with Crippen LogP contribution in [0.3, 0.4) is 0 Å². The molecule has 0 fully saturated rings. The van der Waals surface area contributed by atoms with Crippen LogP contribution in [-0.2, 0) is 20.4 Å². The van der Waals surface area contributed by atoms with E-state index in [4.69, 9.17) is 9.39 Å². The van der Waals surface area contributed by atoms with Gasteiger partial charge < -0.3 is 0 Å². The van der Waals surface area contributed by atoms with Crippen LogP contribution in [-0.4, -0.2) is 47.8 Å². The second kappa shape index (κ2) is 4.78. The Labute approximate surface area is 68.9 Å². The fourth-order valence-corrected chi connectivity index (χ4v) is 0.627. The minimum Gasteiger partial charge on any atom is -0.284 e. The molecular formula is C5H14NO4S+. The number of hydrogen-bond acceptors (Lipinski definition) is 3. The fourth-order valence-electron chi connectivity index (χ4n) is 0.416. The quantitative estimate of drug-likeness (QED) is 0.278. The van der Waals surface area contributed by atoms with Crippen molar-refractivity contribution in [2.24, 2.45) is 0 Å². The highest BCUT2D eigenvalue weighted by molar-refractivity contribution is 7.74. The molecule has 0 saturated heterocycles. The molecule has 1 unspecified atom stereocenters. The summed E-state index contributed by atoms with van der Waals surface area (Å²) < 4.78 is 22.8. The highest BCUT2D eigenvalue weighted by Gasteiger charge is 2.07. The molecule has 1 N–H and O–H groups in total. The van der Waals surface area contributed by atoms with Gasteiger partial charge in [0.2, 0.25) is 0 Å². The van der Waals surface area contributed by atoms with Crippen molar-refractivity contribution in [3.63, 3.8) is 0 Å². The van der Waals surface area contributed by atoms with Crippen molar-refractivity contribution >= 4 is 11.4 Å². The Hall–Kier alpha value is -0.0100. The van der Waals surface area contributed by atoms with Crippen LogP contribution in [0, 0.1) is 0 Å². The molecule has 0 aromatic heterocycles. The Morgan fingerprint density at radius 1 is 1.36 bits per heavy atom. The maximum absolute atomic E-state index is 9.95. The van der Waals surface area contributed by atoms with Gasteiger partial charge in [0.25, 0.3) is 0 Å². The molecule has 5 nitrogen and oxygen atoms in total. The van der Waals surface area contributed by atoms with E-state index in [0.717, 1.165) is 0 Å². The summed E-state index contributed by atoms with van der Waals surface area (Å²) in [5.41, 5.74) is 0. The van der Waals surface area contributed by atoms with Gasteiger partial charge in [-0.15, -0.1) is 0 Å². The monoisotopic (exact) mass is 184 g/mol. The average molecular weight is 184 g/mol. The van der Waals surface area contributed by atoms with Crippen LogP contribution >= 0.6 is 0 Å². The highest BCUT2D eigenvalue weighted by atomic mass is 32.2. The molecule has 0 saturated carbocycles. The van der Waals surface area contributed by atoms with Gasteiger partial charge in [-0.25, -0.2) is 4.84 Å². The lowest BCUT2D eigenvalue weighted by molar-refractivity contribution is -1.06. The van der Waals surface area contributed by atoms with Crippen LogP contribution in [0.2, 0.25) is 0 Å². The van der Waals surface area contributed by atoms with Crippen molar-refractivity contribution in [2.45, 2.75) is 0 Å². The van der Waals surface area contributed by atoms with E-state index in [1.54, 1.807) is 0 Å². The van der Waals surface area contributed by atoms with Crippen molar-refractivity contribution in [1.29, 1.82) is 0 Å². The molecule has 0 radical (unpaired) electrons. The van der Waals surface area contributed by atoms with Crippen LogP contribution in [0.4, 0.5) is 0 Å². The predicted octanol–water partition coefficient (Wildman–Crippen LogP) is -0.222.